The van der Waals surface area contributed by atoms with Gasteiger partial charge < -0.3 is 15.7 Å². The largest absolute Gasteiger partial charge is 0.391 e. The van der Waals surface area contributed by atoms with E-state index in [1.54, 1.807) is 6.20 Å². The van der Waals surface area contributed by atoms with E-state index >= 15 is 0 Å². The Morgan fingerprint density at radius 1 is 1.45 bits per heavy atom. The summed E-state index contributed by atoms with van der Waals surface area (Å²) in [4.78, 5) is 4.15. The first-order valence-corrected chi connectivity index (χ1v) is 7.26. The van der Waals surface area contributed by atoms with E-state index in [-0.39, 0.29) is 24.4 Å². The number of pyridine rings is 1. The molecule has 0 aliphatic carbocycles. The van der Waals surface area contributed by atoms with Crippen LogP contribution in [0.3, 0.4) is 0 Å². The Hall–Kier alpha value is -1.47. The second-order valence-corrected chi connectivity index (χ2v) is 5.53. The van der Waals surface area contributed by atoms with Gasteiger partial charge in [0.1, 0.15) is 0 Å². The number of nitrogens with one attached hydrogen (secondary N) is 2. The lowest BCUT2D eigenvalue weighted by Gasteiger charge is -2.14. The van der Waals surface area contributed by atoms with Gasteiger partial charge in [0.25, 0.3) is 0 Å². The highest BCUT2D eigenvalue weighted by Gasteiger charge is 2.24. The summed E-state index contributed by atoms with van der Waals surface area (Å²) in [6.07, 6.45) is 5.37. The van der Waals surface area contributed by atoms with Gasteiger partial charge in [0.15, 0.2) is 0 Å². The lowest BCUT2D eigenvalue weighted by atomic mass is 10.1. The van der Waals surface area contributed by atoms with Crippen LogP contribution in [0.15, 0.2) is 30.7 Å². The van der Waals surface area contributed by atoms with Crippen molar-refractivity contribution < 1.29 is 5.11 Å². The number of β-amino-alcohol motifs (C(OH)–C–C–N with tert-alkyl or cyclic N) is 1. The highest BCUT2D eigenvalue weighted by molar-refractivity contribution is 5.85. The van der Waals surface area contributed by atoms with Crippen LogP contribution in [0, 0.1) is 5.92 Å². The monoisotopic (exact) mass is 323 g/mol. The van der Waals surface area contributed by atoms with Crippen LogP contribution in [0.25, 0.3) is 11.3 Å². The number of aromatic nitrogens is 3. The number of halogens is 1. The standard InChI is InChI=1S/C15H21N5O.ClH/c1-20-10-13(8-17-6-12-7-18-9-14(12)21)15(19-20)11-3-2-4-16-5-11;/h2-5,10,12,14,17-18,21H,6-9H2,1H3;1H. The normalized spacial score (nSPS) is 20.8. The highest BCUT2D eigenvalue weighted by atomic mass is 35.5. The van der Waals surface area contributed by atoms with E-state index in [4.69, 9.17) is 0 Å². The predicted molar refractivity (Wildman–Crippen MR) is 87.8 cm³/mol. The van der Waals surface area contributed by atoms with E-state index in [0.717, 1.165) is 36.5 Å². The second kappa shape index (κ2) is 7.69. The Morgan fingerprint density at radius 2 is 2.32 bits per heavy atom. The van der Waals surface area contributed by atoms with Crippen molar-refractivity contribution in [2.45, 2.75) is 12.6 Å². The van der Waals surface area contributed by atoms with Gasteiger partial charge in [-0.3, -0.25) is 9.67 Å². The molecule has 120 valence electrons. The lowest BCUT2D eigenvalue weighted by molar-refractivity contribution is 0.146. The molecule has 3 N–H and O–H groups in total. The van der Waals surface area contributed by atoms with Gasteiger partial charge in [-0.1, -0.05) is 0 Å². The summed E-state index contributed by atoms with van der Waals surface area (Å²) >= 11 is 0. The van der Waals surface area contributed by atoms with E-state index in [0.29, 0.717) is 6.54 Å². The van der Waals surface area contributed by atoms with Crippen LogP contribution >= 0.6 is 12.4 Å². The molecule has 1 aliphatic heterocycles. The first-order valence-electron chi connectivity index (χ1n) is 7.26. The molecule has 0 radical (unpaired) electrons. The third-order valence-corrected chi connectivity index (χ3v) is 3.87. The Balaban J connectivity index is 0.00000176. The zero-order chi connectivity index (χ0) is 14.7. The van der Waals surface area contributed by atoms with Crippen LogP contribution < -0.4 is 10.6 Å². The summed E-state index contributed by atoms with van der Waals surface area (Å²) in [5.74, 6) is 0.281. The summed E-state index contributed by atoms with van der Waals surface area (Å²) in [7, 11) is 1.92. The summed E-state index contributed by atoms with van der Waals surface area (Å²) < 4.78 is 1.82. The number of hydrogen-bond acceptors (Lipinski definition) is 5. The van der Waals surface area contributed by atoms with Crippen molar-refractivity contribution in [2.75, 3.05) is 19.6 Å². The Labute approximate surface area is 136 Å². The topological polar surface area (TPSA) is 75.0 Å². The highest BCUT2D eigenvalue weighted by Crippen LogP contribution is 2.20. The molecule has 2 unspecified atom stereocenters. The van der Waals surface area contributed by atoms with Gasteiger partial charge >= 0.3 is 0 Å². The number of hydrogen-bond donors (Lipinski definition) is 3. The molecule has 0 spiro atoms. The first kappa shape index (κ1) is 16.9. The molecule has 3 rings (SSSR count). The van der Waals surface area contributed by atoms with E-state index in [9.17, 15) is 5.11 Å². The van der Waals surface area contributed by atoms with Crippen molar-refractivity contribution in [1.29, 1.82) is 0 Å². The molecule has 2 atom stereocenters. The third kappa shape index (κ3) is 3.84. The number of aliphatic hydroxyl groups excluding tert-OH is 1. The van der Waals surface area contributed by atoms with E-state index < -0.39 is 0 Å². The molecule has 0 saturated carbocycles. The number of aliphatic hydroxyl groups is 1. The minimum Gasteiger partial charge on any atom is -0.391 e. The van der Waals surface area contributed by atoms with Crippen molar-refractivity contribution in [1.82, 2.24) is 25.4 Å². The maximum absolute atomic E-state index is 9.80. The quantitative estimate of drug-likeness (QED) is 0.750. The smallest absolute Gasteiger partial charge is 0.0983 e. The first-order chi connectivity index (χ1) is 10.2. The van der Waals surface area contributed by atoms with Gasteiger partial charge in [0.2, 0.25) is 0 Å². The zero-order valence-electron chi connectivity index (χ0n) is 12.6. The Bertz CT molecular complexity index is 589. The molecule has 0 aromatic carbocycles. The summed E-state index contributed by atoms with van der Waals surface area (Å²) in [5.41, 5.74) is 3.13. The van der Waals surface area contributed by atoms with Gasteiger partial charge in [-0.05, 0) is 12.1 Å². The minimum atomic E-state index is -0.246. The molecule has 2 aromatic rings. The van der Waals surface area contributed by atoms with Gasteiger partial charge in [-0.2, -0.15) is 5.10 Å². The molecule has 22 heavy (non-hydrogen) atoms. The van der Waals surface area contributed by atoms with Crippen molar-refractivity contribution in [3.63, 3.8) is 0 Å². The average molecular weight is 324 g/mol. The fraction of sp³-hybridized carbons (Fsp3) is 0.467. The Kier molecular flexibility index (Phi) is 5.90. The molecule has 7 heteroatoms. The van der Waals surface area contributed by atoms with Gasteiger partial charge in [-0.15, -0.1) is 12.4 Å². The number of rotatable bonds is 5. The number of aryl methyl sites for hydroxylation is 1. The maximum atomic E-state index is 9.80. The molecule has 1 aliphatic rings. The molecule has 1 saturated heterocycles. The van der Waals surface area contributed by atoms with Crippen LogP contribution in [-0.4, -0.2) is 45.6 Å². The summed E-state index contributed by atoms with van der Waals surface area (Å²) in [6, 6.07) is 3.94. The van der Waals surface area contributed by atoms with Crippen LogP contribution in [0.1, 0.15) is 5.56 Å². The van der Waals surface area contributed by atoms with Crippen molar-refractivity contribution >= 4 is 12.4 Å². The molecular weight excluding hydrogens is 302 g/mol. The minimum absolute atomic E-state index is 0. The van der Waals surface area contributed by atoms with Crippen molar-refractivity contribution in [2.24, 2.45) is 13.0 Å². The Morgan fingerprint density at radius 3 is 3.00 bits per heavy atom. The van der Waals surface area contributed by atoms with Crippen molar-refractivity contribution in [3.8, 4) is 11.3 Å². The second-order valence-electron chi connectivity index (χ2n) is 5.53. The van der Waals surface area contributed by atoms with Crippen LogP contribution in [0.2, 0.25) is 0 Å². The third-order valence-electron chi connectivity index (χ3n) is 3.87. The van der Waals surface area contributed by atoms with Crippen LogP contribution in [0.4, 0.5) is 0 Å². The fourth-order valence-corrected chi connectivity index (χ4v) is 2.73. The van der Waals surface area contributed by atoms with Gasteiger partial charge in [-0.25, -0.2) is 0 Å². The van der Waals surface area contributed by atoms with Crippen LogP contribution in [0.5, 0.6) is 0 Å². The van der Waals surface area contributed by atoms with Crippen molar-refractivity contribution in [3.05, 3.63) is 36.3 Å². The fourth-order valence-electron chi connectivity index (χ4n) is 2.73. The van der Waals surface area contributed by atoms with Crippen LogP contribution in [-0.2, 0) is 13.6 Å². The average Bonchev–Trinajstić information content (AvgIpc) is 3.06. The molecule has 2 aromatic heterocycles. The number of nitrogens with zero attached hydrogens (tertiary/aromatic N) is 3. The summed E-state index contributed by atoms with van der Waals surface area (Å²) in [6.45, 7) is 3.10. The van der Waals surface area contributed by atoms with E-state index in [1.807, 2.05) is 36.3 Å². The molecule has 1 fully saturated rings. The predicted octanol–water partition coefficient (Wildman–Crippen LogP) is 0.574. The molecular formula is C15H22ClN5O. The van der Waals surface area contributed by atoms with Gasteiger partial charge in [0, 0.05) is 68.9 Å². The molecule has 0 bridgehead atoms. The van der Waals surface area contributed by atoms with E-state index in [2.05, 4.69) is 20.7 Å². The molecule has 6 nitrogen and oxygen atoms in total. The maximum Gasteiger partial charge on any atom is 0.0983 e. The SMILES string of the molecule is Cl.Cn1cc(CNCC2CNCC2O)c(-c2cccnc2)n1. The molecule has 3 heterocycles. The van der Waals surface area contributed by atoms with Gasteiger partial charge in [0.05, 0.1) is 11.8 Å². The van der Waals surface area contributed by atoms with E-state index in [1.165, 1.54) is 0 Å². The lowest BCUT2D eigenvalue weighted by Crippen LogP contribution is -2.30. The molecule has 0 amide bonds. The zero-order valence-corrected chi connectivity index (χ0v) is 13.4. The summed E-state index contributed by atoms with van der Waals surface area (Å²) in [5, 5.41) is 20.9.